The van der Waals surface area contributed by atoms with Crippen molar-refractivity contribution in [3.63, 3.8) is 0 Å². The quantitative estimate of drug-likeness (QED) is 0.541. The lowest BCUT2D eigenvalue weighted by Gasteiger charge is -2.34. The first-order chi connectivity index (χ1) is 16.1. The van der Waals surface area contributed by atoms with E-state index in [1.165, 1.54) is 0 Å². The molecule has 1 saturated heterocycles. The number of hydrogen-bond acceptors (Lipinski definition) is 8. The SMILES string of the molecule is COc1cccc(-c2csc(N3CCN(CC(=O)Nc4cc(OC)ccc4OC)CC3)n2)c1. The van der Waals surface area contributed by atoms with Crippen molar-refractivity contribution in [1.82, 2.24) is 9.88 Å². The van der Waals surface area contributed by atoms with Gasteiger partial charge in [-0.15, -0.1) is 11.3 Å². The summed E-state index contributed by atoms with van der Waals surface area (Å²) in [6.45, 7) is 3.54. The molecule has 1 amide bonds. The first kappa shape index (κ1) is 22.9. The number of benzene rings is 2. The van der Waals surface area contributed by atoms with Crippen molar-refractivity contribution in [3.05, 3.63) is 47.8 Å². The molecule has 1 N–H and O–H groups in total. The van der Waals surface area contributed by atoms with Crippen LogP contribution in [0.25, 0.3) is 11.3 Å². The van der Waals surface area contributed by atoms with Crippen molar-refractivity contribution in [2.75, 3.05) is 64.3 Å². The molecule has 0 atom stereocenters. The second-order valence-corrected chi connectivity index (χ2v) is 8.46. The van der Waals surface area contributed by atoms with E-state index in [0.717, 1.165) is 48.3 Å². The summed E-state index contributed by atoms with van der Waals surface area (Å²) in [7, 11) is 4.84. The third-order valence-electron chi connectivity index (χ3n) is 5.55. The number of carbonyl (C=O) groups excluding carboxylic acids is 1. The first-order valence-corrected chi connectivity index (χ1v) is 11.6. The van der Waals surface area contributed by atoms with E-state index in [1.54, 1.807) is 50.9 Å². The van der Waals surface area contributed by atoms with Gasteiger partial charge in [-0.2, -0.15) is 0 Å². The lowest BCUT2D eigenvalue weighted by Crippen LogP contribution is -2.48. The van der Waals surface area contributed by atoms with Crippen LogP contribution in [0.4, 0.5) is 10.8 Å². The van der Waals surface area contributed by atoms with Gasteiger partial charge in [0.1, 0.15) is 17.2 Å². The Morgan fingerprint density at radius 1 is 1.00 bits per heavy atom. The van der Waals surface area contributed by atoms with Gasteiger partial charge in [-0.3, -0.25) is 9.69 Å². The highest BCUT2D eigenvalue weighted by Gasteiger charge is 2.22. The van der Waals surface area contributed by atoms with E-state index in [-0.39, 0.29) is 5.91 Å². The molecule has 0 saturated carbocycles. The Hall–Kier alpha value is -3.30. The van der Waals surface area contributed by atoms with E-state index < -0.39 is 0 Å². The molecular formula is C24H28N4O4S. The first-order valence-electron chi connectivity index (χ1n) is 10.7. The molecule has 2 aromatic carbocycles. The molecule has 0 unspecified atom stereocenters. The molecule has 0 spiro atoms. The molecule has 0 aliphatic carbocycles. The second kappa shape index (κ2) is 10.5. The summed E-state index contributed by atoms with van der Waals surface area (Å²) in [6.07, 6.45) is 0. The van der Waals surface area contributed by atoms with Crippen LogP contribution >= 0.6 is 11.3 Å². The number of anilines is 2. The van der Waals surface area contributed by atoms with Gasteiger partial charge in [0.15, 0.2) is 5.13 Å². The number of rotatable bonds is 8. The topological polar surface area (TPSA) is 76.2 Å². The zero-order valence-electron chi connectivity index (χ0n) is 19.0. The van der Waals surface area contributed by atoms with Gasteiger partial charge in [-0.1, -0.05) is 12.1 Å². The Balaban J connectivity index is 1.31. The van der Waals surface area contributed by atoms with Crippen molar-refractivity contribution < 1.29 is 19.0 Å². The minimum atomic E-state index is -0.0791. The molecule has 174 valence electrons. The summed E-state index contributed by atoms with van der Waals surface area (Å²) < 4.78 is 15.9. The van der Waals surface area contributed by atoms with E-state index >= 15 is 0 Å². The van der Waals surface area contributed by atoms with Crippen LogP contribution in [0, 0.1) is 0 Å². The minimum absolute atomic E-state index is 0.0791. The smallest absolute Gasteiger partial charge is 0.238 e. The number of hydrogen-bond donors (Lipinski definition) is 1. The van der Waals surface area contributed by atoms with Crippen LogP contribution in [0.1, 0.15) is 0 Å². The molecule has 2 heterocycles. The van der Waals surface area contributed by atoms with Crippen LogP contribution < -0.4 is 24.4 Å². The van der Waals surface area contributed by atoms with Gasteiger partial charge in [0, 0.05) is 43.2 Å². The van der Waals surface area contributed by atoms with Crippen molar-refractivity contribution >= 4 is 28.1 Å². The number of carbonyl (C=O) groups is 1. The number of ether oxygens (including phenoxy) is 3. The monoisotopic (exact) mass is 468 g/mol. The summed E-state index contributed by atoms with van der Waals surface area (Å²) in [5.41, 5.74) is 2.59. The molecule has 1 aromatic heterocycles. The van der Waals surface area contributed by atoms with E-state index in [2.05, 4.69) is 20.5 Å². The Morgan fingerprint density at radius 3 is 2.48 bits per heavy atom. The third-order valence-corrected chi connectivity index (χ3v) is 6.45. The number of nitrogens with one attached hydrogen (secondary N) is 1. The second-order valence-electron chi connectivity index (χ2n) is 7.62. The average molecular weight is 469 g/mol. The zero-order chi connectivity index (χ0) is 23.2. The maximum absolute atomic E-state index is 12.6. The molecule has 3 aromatic rings. The summed E-state index contributed by atoms with van der Waals surface area (Å²) in [4.78, 5) is 21.9. The third kappa shape index (κ3) is 5.55. The maximum atomic E-state index is 12.6. The van der Waals surface area contributed by atoms with E-state index in [1.807, 2.05) is 24.3 Å². The summed E-state index contributed by atoms with van der Waals surface area (Å²) >= 11 is 1.64. The van der Waals surface area contributed by atoms with Crippen LogP contribution in [0.3, 0.4) is 0 Å². The molecular weight excluding hydrogens is 440 g/mol. The molecule has 1 aliphatic rings. The van der Waals surface area contributed by atoms with Crippen LogP contribution in [0.2, 0.25) is 0 Å². The van der Waals surface area contributed by atoms with Crippen LogP contribution in [0.15, 0.2) is 47.8 Å². The normalized spacial score (nSPS) is 14.1. The molecule has 0 bridgehead atoms. The minimum Gasteiger partial charge on any atom is -0.497 e. The van der Waals surface area contributed by atoms with Crippen LogP contribution in [-0.2, 0) is 4.79 Å². The predicted molar refractivity (Wildman–Crippen MR) is 131 cm³/mol. The van der Waals surface area contributed by atoms with Gasteiger partial charge >= 0.3 is 0 Å². The number of thiazole rings is 1. The fourth-order valence-corrected chi connectivity index (χ4v) is 4.61. The fraction of sp³-hybridized carbons (Fsp3) is 0.333. The number of piperazine rings is 1. The van der Waals surface area contributed by atoms with Gasteiger partial charge < -0.3 is 24.4 Å². The van der Waals surface area contributed by atoms with Crippen molar-refractivity contribution in [2.24, 2.45) is 0 Å². The largest absolute Gasteiger partial charge is 0.497 e. The summed E-state index contributed by atoms with van der Waals surface area (Å²) in [5.74, 6) is 2.01. The van der Waals surface area contributed by atoms with Crippen molar-refractivity contribution in [3.8, 4) is 28.5 Å². The number of methoxy groups -OCH3 is 3. The number of nitrogens with zero attached hydrogens (tertiary/aromatic N) is 3. The summed E-state index contributed by atoms with van der Waals surface area (Å²) in [5, 5.41) is 6.01. The van der Waals surface area contributed by atoms with Gasteiger partial charge in [-0.25, -0.2) is 4.98 Å². The zero-order valence-corrected chi connectivity index (χ0v) is 19.9. The lowest BCUT2D eigenvalue weighted by atomic mass is 10.2. The molecule has 33 heavy (non-hydrogen) atoms. The molecule has 1 fully saturated rings. The predicted octanol–water partition coefficient (Wildman–Crippen LogP) is 3.60. The Kier molecular flexibility index (Phi) is 7.31. The Morgan fingerprint density at radius 2 is 1.76 bits per heavy atom. The van der Waals surface area contributed by atoms with Crippen molar-refractivity contribution in [1.29, 1.82) is 0 Å². The van der Waals surface area contributed by atoms with Gasteiger partial charge in [0.2, 0.25) is 5.91 Å². The molecule has 4 rings (SSSR count). The average Bonchev–Trinajstić information content (AvgIpc) is 3.35. The number of aromatic nitrogens is 1. The highest BCUT2D eigenvalue weighted by molar-refractivity contribution is 7.14. The van der Waals surface area contributed by atoms with E-state index in [4.69, 9.17) is 19.2 Å². The van der Waals surface area contributed by atoms with Crippen LogP contribution in [0.5, 0.6) is 17.2 Å². The molecule has 0 radical (unpaired) electrons. The number of amides is 1. The van der Waals surface area contributed by atoms with Crippen LogP contribution in [-0.4, -0.2) is 69.8 Å². The molecule has 9 heteroatoms. The highest BCUT2D eigenvalue weighted by Crippen LogP contribution is 2.30. The molecule has 1 aliphatic heterocycles. The fourth-order valence-electron chi connectivity index (χ4n) is 3.73. The van der Waals surface area contributed by atoms with E-state index in [9.17, 15) is 4.79 Å². The van der Waals surface area contributed by atoms with Gasteiger partial charge in [0.25, 0.3) is 0 Å². The Bertz CT molecular complexity index is 1100. The van der Waals surface area contributed by atoms with Gasteiger partial charge in [-0.05, 0) is 24.3 Å². The van der Waals surface area contributed by atoms with Crippen molar-refractivity contribution in [2.45, 2.75) is 0 Å². The maximum Gasteiger partial charge on any atom is 0.238 e. The highest BCUT2D eigenvalue weighted by atomic mass is 32.1. The van der Waals surface area contributed by atoms with Gasteiger partial charge in [0.05, 0.1) is 39.3 Å². The standard InChI is InChI=1S/C24H28N4O4S/c1-30-18-6-4-5-17(13-18)21-16-33-24(26-21)28-11-9-27(10-12-28)15-23(29)25-20-14-19(31-2)7-8-22(20)32-3/h4-8,13-14,16H,9-12,15H2,1-3H3,(H,25,29). The Labute approximate surface area is 197 Å². The summed E-state index contributed by atoms with van der Waals surface area (Å²) in [6, 6.07) is 13.3. The molecule has 8 nitrogen and oxygen atoms in total. The lowest BCUT2D eigenvalue weighted by molar-refractivity contribution is -0.117. The van der Waals surface area contributed by atoms with E-state index in [0.29, 0.717) is 23.7 Å².